The van der Waals surface area contributed by atoms with Crippen molar-refractivity contribution in [3.63, 3.8) is 0 Å². The van der Waals surface area contributed by atoms with Crippen molar-refractivity contribution in [1.29, 1.82) is 0 Å². The molecule has 2 rings (SSSR count). The molecule has 2 N–H and O–H groups in total. The third-order valence-corrected chi connectivity index (χ3v) is 3.99. The van der Waals surface area contributed by atoms with Gasteiger partial charge in [0.1, 0.15) is 5.75 Å². The van der Waals surface area contributed by atoms with Crippen LogP contribution in [0.3, 0.4) is 0 Å². The Hall–Kier alpha value is -3.15. The largest absolute Gasteiger partial charge is 0.497 e. The number of rotatable bonds is 8. The molecule has 6 heteroatoms. The van der Waals surface area contributed by atoms with Crippen molar-refractivity contribution in [3.8, 4) is 5.75 Å². The van der Waals surface area contributed by atoms with Gasteiger partial charge in [-0.1, -0.05) is 42.5 Å². The standard InChI is InChI=1S/C21H25N3O3/c1-15(13-20(25)22-16(2)18-7-5-4-6-8-18)23-24-21(26)14-17-9-11-19(27-3)12-10-17/h4-12,16H,13-14H2,1-3H3,(H,22,25)(H,24,26)/b23-15+. The first-order valence-electron chi connectivity index (χ1n) is 8.77. The lowest BCUT2D eigenvalue weighted by molar-refractivity contribution is -0.121. The van der Waals surface area contributed by atoms with E-state index < -0.39 is 0 Å². The van der Waals surface area contributed by atoms with E-state index in [4.69, 9.17) is 4.74 Å². The Morgan fingerprint density at radius 1 is 1.04 bits per heavy atom. The Bertz CT molecular complexity index is 786. The fraction of sp³-hybridized carbons (Fsp3) is 0.286. The molecule has 0 aliphatic heterocycles. The summed E-state index contributed by atoms with van der Waals surface area (Å²) in [7, 11) is 1.59. The predicted octanol–water partition coefficient (Wildman–Crippen LogP) is 3.00. The van der Waals surface area contributed by atoms with E-state index in [2.05, 4.69) is 15.8 Å². The summed E-state index contributed by atoms with van der Waals surface area (Å²) < 4.78 is 5.09. The number of benzene rings is 2. The SMILES string of the molecule is COc1ccc(CC(=O)N/N=C(\C)CC(=O)NC(C)c2ccccc2)cc1. The number of carbonyl (C=O) groups excluding carboxylic acids is 2. The highest BCUT2D eigenvalue weighted by atomic mass is 16.5. The normalized spacial score (nSPS) is 12.2. The van der Waals surface area contributed by atoms with Crippen molar-refractivity contribution in [3.05, 3.63) is 65.7 Å². The molecule has 1 atom stereocenters. The van der Waals surface area contributed by atoms with Gasteiger partial charge in [0, 0.05) is 5.71 Å². The highest BCUT2D eigenvalue weighted by Gasteiger charge is 2.10. The number of amides is 2. The van der Waals surface area contributed by atoms with Crippen LogP contribution in [0, 0.1) is 0 Å². The van der Waals surface area contributed by atoms with Gasteiger partial charge in [0.2, 0.25) is 11.8 Å². The Morgan fingerprint density at radius 2 is 1.70 bits per heavy atom. The Morgan fingerprint density at radius 3 is 2.33 bits per heavy atom. The van der Waals surface area contributed by atoms with Gasteiger partial charge in [0.05, 0.1) is 26.0 Å². The molecule has 2 aromatic carbocycles. The molecule has 1 unspecified atom stereocenters. The molecule has 142 valence electrons. The van der Waals surface area contributed by atoms with Crippen LogP contribution in [-0.4, -0.2) is 24.6 Å². The predicted molar refractivity (Wildman–Crippen MR) is 106 cm³/mol. The maximum absolute atomic E-state index is 12.1. The summed E-state index contributed by atoms with van der Waals surface area (Å²) in [4.78, 5) is 24.1. The first-order chi connectivity index (χ1) is 13.0. The Kier molecular flexibility index (Phi) is 7.55. The smallest absolute Gasteiger partial charge is 0.244 e. The number of methoxy groups -OCH3 is 1. The van der Waals surface area contributed by atoms with Crippen molar-refractivity contribution < 1.29 is 14.3 Å². The van der Waals surface area contributed by atoms with Crippen LogP contribution in [0.4, 0.5) is 0 Å². The van der Waals surface area contributed by atoms with E-state index >= 15 is 0 Å². The van der Waals surface area contributed by atoms with Crippen LogP contribution < -0.4 is 15.5 Å². The van der Waals surface area contributed by atoms with Gasteiger partial charge in [-0.05, 0) is 37.1 Å². The van der Waals surface area contributed by atoms with E-state index in [0.717, 1.165) is 16.9 Å². The van der Waals surface area contributed by atoms with Gasteiger partial charge in [0.25, 0.3) is 0 Å². The fourth-order valence-corrected chi connectivity index (χ4v) is 2.52. The monoisotopic (exact) mass is 367 g/mol. The summed E-state index contributed by atoms with van der Waals surface area (Å²) in [6.45, 7) is 3.64. The van der Waals surface area contributed by atoms with E-state index in [-0.39, 0.29) is 30.7 Å². The minimum atomic E-state index is -0.238. The molecule has 0 heterocycles. The molecule has 2 amide bonds. The molecule has 0 aliphatic rings. The van der Waals surface area contributed by atoms with Crippen LogP contribution in [0.5, 0.6) is 5.75 Å². The van der Waals surface area contributed by atoms with Gasteiger partial charge in [-0.3, -0.25) is 9.59 Å². The van der Waals surface area contributed by atoms with E-state index in [0.29, 0.717) is 5.71 Å². The lowest BCUT2D eigenvalue weighted by atomic mass is 10.1. The Labute approximate surface area is 159 Å². The second-order valence-electron chi connectivity index (χ2n) is 6.28. The van der Waals surface area contributed by atoms with Gasteiger partial charge < -0.3 is 10.1 Å². The molecule has 0 aromatic heterocycles. The number of nitrogens with zero attached hydrogens (tertiary/aromatic N) is 1. The fourth-order valence-electron chi connectivity index (χ4n) is 2.52. The number of hydrogen-bond acceptors (Lipinski definition) is 4. The molecule has 0 bridgehead atoms. The summed E-state index contributed by atoms with van der Waals surface area (Å²) in [6.07, 6.45) is 0.331. The number of ether oxygens (including phenoxy) is 1. The summed E-state index contributed by atoms with van der Waals surface area (Å²) in [5, 5.41) is 6.93. The highest BCUT2D eigenvalue weighted by molar-refractivity contribution is 6.00. The lowest BCUT2D eigenvalue weighted by Crippen LogP contribution is -2.29. The third-order valence-electron chi connectivity index (χ3n) is 3.99. The van der Waals surface area contributed by atoms with E-state index in [1.54, 1.807) is 26.2 Å². The molecule has 2 aromatic rings. The summed E-state index contributed by atoms with van der Waals surface area (Å²) >= 11 is 0. The van der Waals surface area contributed by atoms with Crippen LogP contribution in [0.25, 0.3) is 0 Å². The number of nitrogens with one attached hydrogen (secondary N) is 2. The lowest BCUT2D eigenvalue weighted by Gasteiger charge is -2.14. The van der Waals surface area contributed by atoms with Crippen LogP contribution in [0.2, 0.25) is 0 Å². The van der Waals surface area contributed by atoms with Gasteiger partial charge in [-0.25, -0.2) is 5.43 Å². The van der Waals surface area contributed by atoms with Gasteiger partial charge >= 0.3 is 0 Å². The maximum atomic E-state index is 12.1. The van der Waals surface area contributed by atoms with Crippen LogP contribution >= 0.6 is 0 Å². The molecular weight excluding hydrogens is 342 g/mol. The summed E-state index contributed by atoms with van der Waals surface area (Å²) in [5.41, 5.74) is 4.92. The zero-order chi connectivity index (χ0) is 19.6. The average molecular weight is 367 g/mol. The molecule has 0 saturated carbocycles. The molecular formula is C21H25N3O3. The van der Waals surface area contributed by atoms with Crippen LogP contribution in [-0.2, 0) is 16.0 Å². The van der Waals surface area contributed by atoms with Gasteiger partial charge in [-0.2, -0.15) is 5.10 Å². The second-order valence-corrected chi connectivity index (χ2v) is 6.28. The molecule has 6 nitrogen and oxygen atoms in total. The first kappa shape index (κ1) is 20.2. The molecule has 27 heavy (non-hydrogen) atoms. The molecule has 0 fully saturated rings. The van der Waals surface area contributed by atoms with Crippen molar-refractivity contribution in [2.45, 2.75) is 32.7 Å². The number of carbonyl (C=O) groups is 2. The van der Waals surface area contributed by atoms with Crippen LogP contribution in [0.1, 0.15) is 37.4 Å². The van der Waals surface area contributed by atoms with E-state index in [1.807, 2.05) is 49.4 Å². The summed E-state index contributed by atoms with van der Waals surface area (Å²) in [6, 6.07) is 16.9. The molecule has 0 spiro atoms. The number of hydrogen-bond donors (Lipinski definition) is 2. The van der Waals surface area contributed by atoms with Crippen molar-refractivity contribution >= 4 is 17.5 Å². The molecule has 0 saturated heterocycles. The van der Waals surface area contributed by atoms with Crippen molar-refractivity contribution in [1.82, 2.24) is 10.7 Å². The molecule has 0 radical (unpaired) electrons. The Balaban J connectivity index is 1.78. The van der Waals surface area contributed by atoms with Crippen molar-refractivity contribution in [2.24, 2.45) is 5.10 Å². The second kappa shape index (κ2) is 10.1. The molecule has 0 aliphatic carbocycles. The van der Waals surface area contributed by atoms with Crippen molar-refractivity contribution in [2.75, 3.05) is 7.11 Å². The minimum absolute atomic E-state index is 0.0869. The zero-order valence-corrected chi connectivity index (χ0v) is 15.9. The van der Waals surface area contributed by atoms with Crippen LogP contribution in [0.15, 0.2) is 59.7 Å². The first-order valence-corrected chi connectivity index (χ1v) is 8.77. The topological polar surface area (TPSA) is 79.8 Å². The quantitative estimate of drug-likeness (QED) is 0.556. The summed E-state index contributed by atoms with van der Waals surface area (Å²) in [5.74, 6) is 0.360. The van der Waals surface area contributed by atoms with Gasteiger partial charge in [-0.15, -0.1) is 0 Å². The zero-order valence-electron chi connectivity index (χ0n) is 15.9. The average Bonchev–Trinajstić information content (AvgIpc) is 2.67. The number of hydrazone groups is 1. The van der Waals surface area contributed by atoms with Gasteiger partial charge in [0.15, 0.2) is 0 Å². The van der Waals surface area contributed by atoms with E-state index in [1.165, 1.54) is 0 Å². The third kappa shape index (κ3) is 6.93. The minimum Gasteiger partial charge on any atom is -0.497 e. The van der Waals surface area contributed by atoms with E-state index in [9.17, 15) is 9.59 Å². The highest BCUT2D eigenvalue weighted by Crippen LogP contribution is 2.12. The maximum Gasteiger partial charge on any atom is 0.244 e.